The first-order valence-electron chi connectivity index (χ1n) is 7.46. The Bertz CT molecular complexity index is 585. The van der Waals surface area contributed by atoms with E-state index >= 15 is 0 Å². The molecule has 2 N–H and O–H groups in total. The number of rotatable bonds is 2. The number of hydrogen-bond donors (Lipinski definition) is 2. The van der Waals surface area contributed by atoms with Crippen LogP contribution in [0.2, 0.25) is 0 Å². The van der Waals surface area contributed by atoms with Crippen LogP contribution >= 0.6 is 0 Å². The predicted octanol–water partition coefficient (Wildman–Crippen LogP) is 2.91. The van der Waals surface area contributed by atoms with E-state index in [1.54, 1.807) is 0 Å². The first-order valence-corrected chi connectivity index (χ1v) is 7.46. The van der Waals surface area contributed by atoms with Crippen LogP contribution in [-0.4, -0.2) is 23.8 Å². The minimum Gasteiger partial charge on any atom is -0.391 e. The van der Waals surface area contributed by atoms with E-state index in [0.29, 0.717) is 0 Å². The molecule has 4 rings (SSSR count). The first-order chi connectivity index (χ1) is 9.86. The Morgan fingerprint density at radius 3 is 2.10 bits per heavy atom. The maximum atomic E-state index is 10.9. The number of benzene rings is 2. The minimum absolute atomic E-state index is 0.109. The summed E-state index contributed by atoms with van der Waals surface area (Å²) in [5.74, 6) is 0.109. The van der Waals surface area contributed by atoms with Gasteiger partial charge in [0.25, 0.3) is 0 Å². The molecule has 1 fully saturated rings. The van der Waals surface area contributed by atoms with Crippen molar-refractivity contribution in [2.75, 3.05) is 6.54 Å². The molecule has 2 aromatic rings. The molecule has 0 radical (unpaired) electrons. The van der Waals surface area contributed by atoms with Crippen molar-refractivity contribution < 1.29 is 5.11 Å². The SMILES string of the molecule is O[C@@H](C1c2ccccc2-c2ccccc21)[C@H]1CCCN1. The Kier molecular flexibility index (Phi) is 2.86. The number of hydrogen-bond acceptors (Lipinski definition) is 2. The van der Waals surface area contributed by atoms with Gasteiger partial charge in [-0.25, -0.2) is 0 Å². The fourth-order valence-corrected chi connectivity index (χ4v) is 3.80. The second-order valence-electron chi connectivity index (χ2n) is 5.85. The zero-order valence-electron chi connectivity index (χ0n) is 11.4. The van der Waals surface area contributed by atoms with Crippen LogP contribution in [-0.2, 0) is 0 Å². The molecule has 0 unspecified atom stereocenters. The number of fused-ring (bicyclic) bond motifs is 3. The van der Waals surface area contributed by atoms with E-state index in [4.69, 9.17) is 0 Å². The summed E-state index contributed by atoms with van der Waals surface area (Å²) in [6.07, 6.45) is 1.89. The normalized spacial score (nSPS) is 22.6. The van der Waals surface area contributed by atoms with Crippen LogP contribution in [0.4, 0.5) is 0 Å². The highest BCUT2D eigenvalue weighted by atomic mass is 16.3. The van der Waals surface area contributed by atoms with Crippen LogP contribution in [0.5, 0.6) is 0 Å². The molecule has 2 aromatic carbocycles. The van der Waals surface area contributed by atoms with Gasteiger partial charge < -0.3 is 10.4 Å². The Morgan fingerprint density at radius 1 is 0.950 bits per heavy atom. The molecule has 20 heavy (non-hydrogen) atoms. The lowest BCUT2D eigenvalue weighted by molar-refractivity contribution is 0.120. The topological polar surface area (TPSA) is 32.3 Å². The molecular formula is C18H19NO. The van der Waals surface area contributed by atoms with Gasteiger partial charge in [0.1, 0.15) is 0 Å². The van der Waals surface area contributed by atoms with Gasteiger partial charge >= 0.3 is 0 Å². The van der Waals surface area contributed by atoms with Gasteiger partial charge in [-0.2, -0.15) is 0 Å². The van der Waals surface area contributed by atoms with Gasteiger partial charge in [0.2, 0.25) is 0 Å². The molecule has 1 saturated heterocycles. The Hall–Kier alpha value is -1.64. The summed E-state index contributed by atoms with van der Waals surface area (Å²) in [7, 11) is 0. The van der Waals surface area contributed by atoms with E-state index in [1.807, 2.05) is 0 Å². The zero-order valence-corrected chi connectivity index (χ0v) is 11.4. The predicted molar refractivity (Wildman–Crippen MR) is 80.8 cm³/mol. The molecule has 0 aromatic heterocycles. The molecule has 1 aliphatic carbocycles. The summed E-state index contributed by atoms with van der Waals surface area (Å²) in [5.41, 5.74) is 5.11. The largest absolute Gasteiger partial charge is 0.391 e. The maximum absolute atomic E-state index is 10.9. The average molecular weight is 265 g/mol. The lowest BCUT2D eigenvalue weighted by Crippen LogP contribution is -2.38. The fourth-order valence-electron chi connectivity index (χ4n) is 3.80. The minimum atomic E-state index is -0.345. The highest BCUT2D eigenvalue weighted by Gasteiger charge is 2.37. The third kappa shape index (κ3) is 1.72. The maximum Gasteiger partial charge on any atom is 0.0802 e. The number of nitrogens with one attached hydrogen (secondary N) is 1. The van der Waals surface area contributed by atoms with Crippen molar-refractivity contribution in [3.05, 3.63) is 59.7 Å². The monoisotopic (exact) mass is 265 g/mol. The van der Waals surface area contributed by atoms with Crippen molar-refractivity contribution in [3.8, 4) is 11.1 Å². The van der Waals surface area contributed by atoms with E-state index in [-0.39, 0.29) is 18.1 Å². The molecule has 0 saturated carbocycles. The molecule has 1 heterocycles. The van der Waals surface area contributed by atoms with Crippen molar-refractivity contribution in [1.82, 2.24) is 5.32 Å². The van der Waals surface area contributed by atoms with Crippen LogP contribution < -0.4 is 5.32 Å². The van der Waals surface area contributed by atoms with E-state index in [9.17, 15) is 5.11 Å². The Labute approximate surface area is 119 Å². The van der Waals surface area contributed by atoms with Gasteiger partial charge in [-0.05, 0) is 41.6 Å². The van der Waals surface area contributed by atoms with Gasteiger partial charge in [0.05, 0.1) is 6.10 Å². The Balaban J connectivity index is 1.82. The molecule has 2 atom stereocenters. The molecule has 2 nitrogen and oxygen atoms in total. The van der Waals surface area contributed by atoms with E-state index in [1.165, 1.54) is 22.3 Å². The van der Waals surface area contributed by atoms with Gasteiger partial charge in [-0.1, -0.05) is 48.5 Å². The Morgan fingerprint density at radius 2 is 1.55 bits per heavy atom. The van der Waals surface area contributed by atoms with Gasteiger partial charge in [0, 0.05) is 12.0 Å². The fraction of sp³-hybridized carbons (Fsp3) is 0.333. The summed E-state index contributed by atoms with van der Waals surface area (Å²) in [6, 6.07) is 17.2. The molecule has 1 aliphatic heterocycles. The number of aliphatic hydroxyl groups excluding tert-OH is 1. The third-order valence-electron chi connectivity index (χ3n) is 4.73. The highest BCUT2D eigenvalue weighted by molar-refractivity contribution is 5.79. The van der Waals surface area contributed by atoms with Gasteiger partial charge in [-0.3, -0.25) is 0 Å². The summed E-state index contributed by atoms with van der Waals surface area (Å²) < 4.78 is 0. The summed E-state index contributed by atoms with van der Waals surface area (Å²) in [5, 5.41) is 14.3. The van der Waals surface area contributed by atoms with Crippen LogP contribution in [0.1, 0.15) is 29.9 Å². The van der Waals surface area contributed by atoms with Gasteiger partial charge in [-0.15, -0.1) is 0 Å². The molecule has 2 heteroatoms. The summed E-state index contributed by atoms with van der Waals surface area (Å²) in [6.45, 7) is 1.03. The standard InChI is InChI=1S/C18H19NO/c20-18(16-10-5-11-19-16)17-14-8-3-1-6-12(14)13-7-2-4-9-15(13)17/h1-4,6-9,16-20H,5,10-11H2/t16-,18-/m1/s1. The number of aliphatic hydroxyl groups is 1. The average Bonchev–Trinajstić information content (AvgIpc) is 3.13. The van der Waals surface area contributed by atoms with Crippen molar-refractivity contribution in [1.29, 1.82) is 0 Å². The van der Waals surface area contributed by atoms with Crippen LogP contribution in [0.3, 0.4) is 0 Å². The lowest BCUT2D eigenvalue weighted by atomic mass is 9.87. The quantitative estimate of drug-likeness (QED) is 0.875. The smallest absolute Gasteiger partial charge is 0.0802 e. The van der Waals surface area contributed by atoms with E-state index in [2.05, 4.69) is 53.8 Å². The summed E-state index contributed by atoms with van der Waals surface area (Å²) in [4.78, 5) is 0. The molecule has 102 valence electrons. The molecule has 0 bridgehead atoms. The van der Waals surface area contributed by atoms with E-state index < -0.39 is 0 Å². The molecule has 0 spiro atoms. The highest BCUT2D eigenvalue weighted by Crippen LogP contribution is 2.47. The van der Waals surface area contributed by atoms with E-state index in [0.717, 1.165) is 19.4 Å². The second-order valence-corrected chi connectivity index (χ2v) is 5.85. The molecule has 0 amide bonds. The summed E-state index contributed by atoms with van der Waals surface area (Å²) >= 11 is 0. The third-order valence-corrected chi connectivity index (χ3v) is 4.73. The molecular weight excluding hydrogens is 246 g/mol. The first kappa shape index (κ1) is 12.1. The van der Waals surface area contributed by atoms with Crippen molar-refractivity contribution in [2.24, 2.45) is 0 Å². The second kappa shape index (κ2) is 4.72. The van der Waals surface area contributed by atoms with Crippen molar-refractivity contribution >= 4 is 0 Å². The van der Waals surface area contributed by atoms with Crippen LogP contribution in [0, 0.1) is 0 Å². The van der Waals surface area contributed by atoms with Crippen LogP contribution in [0.15, 0.2) is 48.5 Å². The van der Waals surface area contributed by atoms with Crippen molar-refractivity contribution in [3.63, 3.8) is 0 Å². The zero-order chi connectivity index (χ0) is 13.5. The lowest BCUT2D eigenvalue weighted by Gasteiger charge is -2.26. The molecule has 2 aliphatic rings. The van der Waals surface area contributed by atoms with Crippen molar-refractivity contribution in [2.45, 2.75) is 30.9 Å². The van der Waals surface area contributed by atoms with Crippen LogP contribution in [0.25, 0.3) is 11.1 Å². The van der Waals surface area contributed by atoms with Gasteiger partial charge in [0.15, 0.2) is 0 Å².